The summed E-state index contributed by atoms with van der Waals surface area (Å²) in [6.07, 6.45) is 0. The van der Waals surface area contributed by atoms with Gasteiger partial charge in [-0.15, -0.1) is 0 Å². The highest BCUT2D eigenvalue weighted by molar-refractivity contribution is 6.12. The van der Waals surface area contributed by atoms with Gasteiger partial charge in [-0.3, -0.25) is 4.79 Å². The number of ether oxygens (including phenoxy) is 1. The van der Waals surface area contributed by atoms with E-state index in [1.807, 2.05) is 32.9 Å². The highest BCUT2D eigenvalue weighted by Crippen LogP contribution is 2.38. The molecule has 5 nitrogen and oxygen atoms in total. The lowest BCUT2D eigenvalue weighted by molar-refractivity contribution is 0.103. The third-order valence-corrected chi connectivity index (χ3v) is 3.54. The van der Waals surface area contributed by atoms with Crippen molar-refractivity contribution in [2.24, 2.45) is 0 Å². The molecule has 0 saturated heterocycles. The van der Waals surface area contributed by atoms with Crippen molar-refractivity contribution in [3.8, 4) is 11.5 Å². The van der Waals surface area contributed by atoms with Gasteiger partial charge < -0.3 is 20.5 Å². The molecule has 0 saturated carbocycles. The maximum Gasteiger partial charge on any atom is 0.196 e. The molecule has 0 aliphatic rings. The zero-order chi connectivity index (χ0) is 17.5. The Labute approximate surface area is 142 Å². The SMILES string of the molecule is CCNc1cccc(C(=O)c2ccc(OCC)c(NCC)c2O)c1. The number of phenolic OH excluding ortho intramolecular Hbond substituents is 1. The predicted molar refractivity (Wildman–Crippen MR) is 97.5 cm³/mol. The summed E-state index contributed by atoms with van der Waals surface area (Å²) < 4.78 is 5.52. The van der Waals surface area contributed by atoms with Crippen LogP contribution in [-0.2, 0) is 0 Å². The second kappa shape index (κ2) is 8.24. The average molecular weight is 328 g/mol. The average Bonchev–Trinajstić information content (AvgIpc) is 2.58. The summed E-state index contributed by atoms with van der Waals surface area (Å²) in [4.78, 5) is 12.8. The Morgan fingerprint density at radius 2 is 1.83 bits per heavy atom. The van der Waals surface area contributed by atoms with Gasteiger partial charge in [0.05, 0.1) is 12.2 Å². The van der Waals surface area contributed by atoms with Gasteiger partial charge in [0.1, 0.15) is 11.4 Å². The molecular weight excluding hydrogens is 304 g/mol. The number of nitrogens with one attached hydrogen (secondary N) is 2. The quantitative estimate of drug-likeness (QED) is 0.507. The van der Waals surface area contributed by atoms with Gasteiger partial charge in [-0.2, -0.15) is 0 Å². The van der Waals surface area contributed by atoms with Crippen molar-refractivity contribution in [2.75, 3.05) is 30.3 Å². The Morgan fingerprint density at radius 3 is 2.50 bits per heavy atom. The molecule has 0 atom stereocenters. The minimum atomic E-state index is -0.227. The molecule has 0 radical (unpaired) electrons. The lowest BCUT2D eigenvalue weighted by Crippen LogP contribution is -2.07. The summed E-state index contributed by atoms with van der Waals surface area (Å²) in [5.41, 5.74) is 2.10. The number of carbonyl (C=O) groups is 1. The van der Waals surface area contributed by atoms with Gasteiger partial charge in [-0.25, -0.2) is 0 Å². The monoisotopic (exact) mass is 328 g/mol. The van der Waals surface area contributed by atoms with Gasteiger partial charge in [-0.05, 0) is 45.0 Å². The first-order valence-electron chi connectivity index (χ1n) is 8.23. The zero-order valence-corrected chi connectivity index (χ0v) is 14.3. The molecule has 0 fully saturated rings. The van der Waals surface area contributed by atoms with Crippen LogP contribution in [-0.4, -0.2) is 30.6 Å². The van der Waals surface area contributed by atoms with E-state index < -0.39 is 0 Å². The van der Waals surface area contributed by atoms with E-state index in [9.17, 15) is 9.90 Å². The van der Waals surface area contributed by atoms with Crippen LogP contribution in [0.25, 0.3) is 0 Å². The molecule has 2 aromatic rings. The number of anilines is 2. The van der Waals surface area contributed by atoms with Crippen LogP contribution in [0.15, 0.2) is 36.4 Å². The van der Waals surface area contributed by atoms with E-state index in [2.05, 4.69) is 10.6 Å². The van der Waals surface area contributed by atoms with Crippen LogP contribution in [0.2, 0.25) is 0 Å². The first kappa shape index (κ1) is 17.7. The zero-order valence-electron chi connectivity index (χ0n) is 14.3. The van der Waals surface area contributed by atoms with Gasteiger partial charge in [0.2, 0.25) is 0 Å². The number of carbonyl (C=O) groups excluding carboxylic acids is 1. The van der Waals surface area contributed by atoms with Crippen molar-refractivity contribution in [2.45, 2.75) is 20.8 Å². The van der Waals surface area contributed by atoms with Crippen molar-refractivity contribution in [3.63, 3.8) is 0 Å². The van der Waals surface area contributed by atoms with Crippen LogP contribution in [0.1, 0.15) is 36.7 Å². The number of phenols is 1. The van der Waals surface area contributed by atoms with Crippen molar-refractivity contribution >= 4 is 17.2 Å². The largest absolute Gasteiger partial charge is 0.505 e. The fraction of sp³-hybridized carbons (Fsp3) is 0.316. The Balaban J connectivity index is 2.42. The molecule has 0 aromatic heterocycles. The van der Waals surface area contributed by atoms with Gasteiger partial charge in [-0.1, -0.05) is 12.1 Å². The summed E-state index contributed by atoms with van der Waals surface area (Å²) in [5, 5.41) is 16.8. The van der Waals surface area contributed by atoms with E-state index in [1.165, 1.54) is 0 Å². The van der Waals surface area contributed by atoms with E-state index in [0.717, 1.165) is 12.2 Å². The van der Waals surface area contributed by atoms with Crippen LogP contribution < -0.4 is 15.4 Å². The van der Waals surface area contributed by atoms with Crippen molar-refractivity contribution in [3.05, 3.63) is 47.5 Å². The molecule has 0 bridgehead atoms. The molecule has 24 heavy (non-hydrogen) atoms. The fourth-order valence-electron chi connectivity index (χ4n) is 2.51. The maximum absolute atomic E-state index is 12.8. The number of benzene rings is 2. The van der Waals surface area contributed by atoms with Crippen LogP contribution in [0.4, 0.5) is 11.4 Å². The minimum absolute atomic E-state index is 0.0818. The van der Waals surface area contributed by atoms with E-state index in [1.54, 1.807) is 24.3 Å². The Hall–Kier alpha value is -2.69. The first-order chi connectivity index (χ1) is 11.6. The lowest BCUT2D eigenvalue weighted by atomic mass is 10.0. The standard InChI is InChI=1S/C19H24N2O3/c1-4-20-14-9-7-8-13(12-14)18(22)15-10-11-16(24-6-3)17(19(15)23)21-5-2/h7-12,20-21,23H,4-6H2,1-3H3. The molecule has 0 unspecified atom stereocenters. The second-order valence-electron chi connectivity index (χ2n) is 5.24. The van der Waals surface area contributed by atoms with Crippen molar-refractivity contribution < 1.29 is 14.6 Å². The first-order valence-corrected chi connectivity index (χ1v) is 8.23. The predicted octanol–water partition coefficient (Wildman–Crippen LogP) is 3.89. The molecular formula is C19H24N2O3. The van der Waals surface area contributed by atoms with E-state index in [-0.39, 0.29) is 17.1 Å². The summed E-state index contributed by atoms with van der Waals surface area (Å²) in [6, 6.07) is 10.6. The Bertz CT molecular complexity index is 714. The van der Waals surface area contributed by atoms with Crippen LogP contribution >= 0.6 is 0 Å². The normalized spacial score (nSPS) is 10.3. The highest BCUT2D eigenvalue weighted by atomic mass is 16.5. The smallest absolute Gasteiger partial charge is 0.196 e. The highest BCUT2D eigenvalue weighted by Gasteiger charge is 2.19. The molecule has 2 rings (SSSR count). The molecule has 0 heterocycles. The summed E-state index contributed by atoms with van der Waals surface area (Å²) in [6.45, 7) is 7.66. The molecule has 2 aromatic carbocycles. The maximum atomic E-state index is 12.8. The fourth-order valence-corrected chi connectivity index (χ4v) is 2.51. The number of aromatic hydroxyl groups is 1. The molecule has 0 aliphatic heterocycles. The van der Waals surface area contributed by atoms with Gasteiger partial charge in [0.15, 0.2) is 11.5 Å². The third kappa shape index (κ3) is 3.79. The Morgan fingerprint density at radius 1 is 1.08 bits per heavy atom. The van der Waals surface area contributed by atoms with E-state index >= 15 is 0 Å². The summed E-state index contributed by atoms with van der Waals surface area (Å²) in [7, 11) is 0. The number of rotatable bonds is 8. The second-order valence-corrected chi connectivity index (χ2v) is 5.24. The van der Waals surface area contributed by atoms with Crippen molar-refractivity contribution in [1.82, 2.24) is 0 Å². The van der Waals surface area contributed by atoms with Crippen LogP contribution in [0, 0.1) is 0 Å². The molecule has 0 spiro atoms. The molecule has 3 N–H and O–H groups in total. The lowest BCUT2D eigenvalue weighted by Gasteiger charge is -2.15. The van der Waals surface area contributed by atoms with Crippen LogP contribution in [0.3, 0.4) is 0 Å². The van der Waals surface area contributed by atoms with E-state index in [0.29, 0.717) is 30.2 Å². The summed E-state index contributed by atoms with van der Waals surface area (Å²) >= 11 is 0. The molecule has 5 heteroatoms. The number of hydrogen-bond donors (Lipinski definition) is 3. The molecule has 0 aliphatic carbocycles. The molecule has 128 valence electrons. The third-order valence-electron chi connectivity index (χ3n) is 3.54. The van der Waals surface area contributed by atoms with Crippen molar-refractivity contribution in [1.29, 1.82) is 0 Å². The van der Waals surface area contributed by atoms with Crippen LogP contribution in [0.5, 0.6) is 11.5 Å². The number of ketones is 1. The molecule has 0 amide bonds. The van der Waals surface area contributed by atoms with E-state index in [4.69, 9.17) is 4.74 Å². The van der Waals surface area contributed by atoms with Gasteiger partial charge in [0.25, 0.3) is 0 Å². The topological polar surface area (TPSA) is 70.6 Å². The van der Waals surface area contributed by atoms with Gasteiger partial charge in [0, 0.05) is 24.3 Å². The van der Waals surface area contributed by atoms with Gasteiger partial charge >= 0.3 is 0 Å². The minimum Gasteiger partial charge on any atom is -0.505 e. The summed E-state index contributed by atoms with van der Waals surface area (Å²) in [5.74, 6) is 0.228. The Kier molecular flexibility index (Phi) is 6.07. The number of hydrogen-bond acceptors (Lipinski definition) is 5.